The second kappa shape index (κ2) is 5.31. The van der Waals surface area contributed by atoms with E-state index in [0.717, 1.165) is 20.8 Å². The molecule has 2 rings (SSSR count). The number of sulfone groups is 1. The van der Waals surface area contributed by atoms with Gasteiger partial charge in [0.15, 0.2) is 0 Å². The lowest BCUT2D eigenvalue weighted by atomic mass is 10.0. The van der Waals surface area contributed by atoms with Crippen molar-refractivity contribution in [3.63, 3.8) is 0 Å². The van der Waals surface area contributed by atoms with Crippen molar-refractivity contribution >= 4 is 52.5 Å². The van der Waals surface area contributed by atoms with Gasteiger partial charge in [0.05, 0.1) is 10.6 Å². The largest absolute Gasteiger partial charge is 0.229 e. The van der Waals surface area contributed by atoms with Gasteiger partial charge >= 0.3 is 0 Å². The zero-order valence-corrected chi connectivity index (χ0v) is 13.7. The Morgan fingerprint density at radius 1 is 1.11 bits per heavy atom. The number of hydrogen-bond acceptors (Lipinski definition) is 2. The first-order valence-electron chi connectivity index (χ1n) is 5.37. The molecule has 0 N–H and O–H groups in total. The fourth-order valence-electron chi connectivity index (χ4n) is 1.91. The second-order valence-corrected chi connectivity index (χ2v) is 8.39. The summed E-state index contributed by atoms with van der Waals surface area (Å²) in [7, 11) is -3.01. The summed E-state index contributed by atoms with van der Waals surface area (Å²) in [6.45, 7) is 0. The molecule has 0 spiro atoms. The van der Waals surface area contributed by atoms with Crippen molar-refractivity contribution < 1.29 is 8.42 Å². The Morgan fingerprint density at radius 3 is 2.33 bits per heavy atom. The van der Waals surface area contributed by atoms with Gasteiger partial charge in [0, 0.05) is 10.7 Å². The highest BCUT2D eigenvalue weighted by atomic mass is 79.9. The van der Waals surface area contributed by atoms with E-state index in [2.05, 4.69) is 31.9 Å². The van der Waals surface area contributed by atoms with Crippen molar-refractivity contribution in [3.8, 4) is 0 Å². The quantitative estimate of drug-likeness (QED) is 0.738. The van der Waals surface area contributed by atoms with Crippen molar-refractivity contribution in [2.45, 2.75) is 4.83 Å². The van der Waals surface area contributed by atoms with Gasteiger partial charge in [-0.2, -0.15) is 0 Å². The van der Waals surface area contributed by atoms with Gasteiger partial charge in [-0.25, -0.2) is 8.42 Å². The molecule has 0 heterocycles. The minimum atomic E-state index is -3.01. The van der Waals surface area contributed by atoms with E-state index in [1.165, 1.54) is 6.26 Å². The third-order valence-electron chi connectivity index (χ3n) is 2.69. The maximum atomic E-state index is 11.4. The van der Waals surface area contributed by atoms with E-state index in [1.54, 1.807) is 0 Å². The Labute approximate surface area is 124 Å². The van der Waals surface area contributed by atoms with Gasteiger partial charge in [-0.05, 0) is 22.4 Å². The van der Waals surface area contributed by atoms with E-state index in [1.807, 2.05) is 36.4 Å². The Morgan fingerprint density at radius 2 is 1.72 bits per heavy atom. The normalized spacial score (nSPS) is 13.7. The van der Waals surface area contributed by atoms with Gasteiger partial charge in [-0.15, -0.1) is 0 Å². The molecule has 0 amide bonds. The zero-order chi connectivity index (χ0) is 13.3. The van der Waals surface area contributed by atoms with Crippen LogP contribution in [-0.4, -0.2) is 20.4 Å². The van der Waals surface area contributed by atoms with Gasteiger partial charge in [-0.3, -0.25) is 0 Å². The van der Waals surface area contributed by atoms with Crippen molar-refractivity contribution in [2.24, 2.45) is 0 Å². The van der Waals surface area contributed by atoms with Crippen molar-refractivity contribution in [2.75, 3.05) is 12.0 Å². The van der Waals surface area contributed by atoms with Crippen LogP contribution in [0.15, 0.2) is 40.9 Å². The molecule has 18 heavy (non-hydrogen) atoms. The average molecular weight is 392 g/mol. The molecule has 2 nitrogen and oxygen atoms in total. The van der Waals surface area contributed by atoms with Gasteiger partial charge in [-0.1, -0.05) is 62.2 Å². The number of alkyl halides is 1. The smallest absolute Gasteiger partial charge is 0.148 e. The summed E-state index contributed by atoms with van der Waals surface area (Å²) < 4.78 is 23.8. The lowest BCUT2D eigenvalue weighted by molar-refractivity contribution is 0.601. The molecule has 0 saturated heterocycles. The molecule has 1 atom stereocenters. The van der Waals surface area contributed by atoms with Crippen LogP contribution in [0.1, 0.15) is 10.4 Å². The maximum absolute atomic E-state index is 11.4. The Balaban J connectivity index is 2.55. The van der Waals surface area contributed by atoms with Crippen LogP contribution in [0.25, 0.3) is 10.8 Å². The summed E-state index contributed by atoms with van der Waals surface area (Å²) in [5.41, 5.74) is 0.999. The maximum Gasteiger partial charge on any atom is 0.148 e. The molecular formula is C13H12Br2O2S. The molecule has 0 aliphatic heterocycles. The third kappa shape index (κ3) is 3.13. The van der Waals surface area contributed by atoms with E-state index in [0.29, 0.717) is 0 Å². The van der Waals surface area contributed by atoms with Crippen molar-refractivity contribution in [1.82, 2.24) is 0 Å². The second-order valence-electron chi connectivity index (χ2n) is 4.24. The summed E-state index contributed by atoms with van der Waals surface area (Å²) in [6, 6.07) is 11.9. The number of halogens is 2. The van der Waals surface area contributed by atoms with E-state index < -0.39 is 9.84 Å². The minimum Gasteiger partial charge on any atom is -0.229 e. The molecule has 0 aliphatic rings. The zero-order valence-electron chi connectivity index (χ0n) is 9.73. The van der Waals surface area contributed by atoms with Crippen molar-refractivity contribution in [3.05, 3.63) is 46.4 Å². The summed E-state index contributed by atoms with van der Waals surface area (Å²) in [5.74, 6) is 0.0959. The molecule has 0 bridgehead atoms. The monoisotopic (exact) mass is 390 g/mol. The van der Waals surface area contributed by atoms with Crippen LogP contribution < -0.4 is 0 Å². The predicted octanol–water partition coefficient (Wildman–Crippen LogP) is 4.08. The summed E-state index contributed by atoms with van der Waals surface area (Å²) in [5, 5.41) is 2.16. The summed E-state index contributed by atoms with van der Waals surface area (Å²) >= 11 is 6.98. The van der Waals surface area contributed by atoms with E-state index in [9.17, 15) is 8.42 Å². The van der Waals surface area contributed by atoms with E-state index in [-0.39, 0.29) is 10.6 Å². The average Bonchev–Trinajstić information content (AvgIpc) is 2.27. The molecule has 0 fully saturated rings. The van der Waals surface area contributed by atoms with Gasteiger partial charge in [0.2, 0.25) is 0 Å². The van der Waals surface area contributed by atoms with Crippen LogP contribution in [-0.2, 0) is 9.84 Å². The molecule has 5 heteroatoms. The van der Waals surface area contributed by atoms with Crippen LogP contribution in [0.5, 0.6) is 0 Å². The summed E-state index contributed by atoms with van der Waals surface area (Å²) in [4.78, 5) is -0.189. The fourth-order valence-corrected chi connectivity index (χ4v) is 4.94. The predicted molar refractivity (Wildman–Crippen MR) is 83.0 cm³/mol. The Hall–Kier alpha value is -0.390. The molecular weight excluding hydrogens is 380 g/mol. The first-order valence-corrected chi connectivity index (χ1v) is 9.14. The SMILES string of the molecule is CS(=O)(=O)CC(Br)c1ccc(Br)c2ccccc12. The number of hydrogen-bond donors (Lipinski definition) is 0. The topological polar surface area (TPSA) is 34.1 Å². The first-order chi connectivity index (χ1) is 8.38. The van der Waals surface area contributed by atoms with Crippen LogP contribution in [0.2, 0.25) is 0 Å². The highest BCUT2D eigenvalue weighted by molar-refractivity contribution is 9.10. The lowest BCUT2D eigenvalue weighted by Gasteiger charge is -2.13. The number of fused-ring (bicyclic) bond motifs is 1. The molecule has 0 aromatic heterocycles. The first kappa shape index (κ1) is 14.0. The van der Waals surface area contributed by atoms with Gasteiger partial charge in [0.1, 0.15) is 9.84 Å². The van der Waals surface area contributed by atoms with Crippen LogP contribution in [0, 0.1) is 0 Å². The Kier molecular flexibility index (Phi) is 4.14. The fraction of sp³-hybridized carbons (Fsp3) is 0.231. The highest BCUT2D eigenvalue weighted by Crippen LogP contribution is 2.34. The molecule has 2 aromatic carbocycles. The molecule has 2 aromatic rings. The van der Waals surface area contributed by atoms with Gasteiger partial charge < -0.3 is 0 Å². The van der Waals surface area contributed by atoms with Crippen molar-refractivity contribution in [1.29, 1.82) is 0 Å². The van der Waals surface area contributed by atoms with E-state index >= 15 is 0 Å². The van der Waals surface area contributed by atoms with Crippen LogP contribution in [0.4, 0.5) is 0 Å². The molecule has 0 saturated carbocycles. The summed E-state index contributed by atoms with van der Waals surface area (Å²) in [6.07, 6.45) is 1.25. The number of benzene rings is 2. The third-order valence-corrected chi connectivity index (χ3v) is 5.57. The molecule has 0 aliphatic carbocycles. The van der Waals surface area contributed by atoms with Crippen LogP contribution in [0.3, 0.4) is 0 Å². The highest BCUT2D eigenvalue weighted by Gasteiger charge is 2.17. The number of rotatable bonds is 3. The molecule has 0 radical (unpaired) electrons. The lowest BCUT2D eigenvalue weighted by Crippen LogP contribution is -2.08. The van der Waals surface area contributed by atoms with Crippen LogP contribution >= 0.6 is 31.9 Å². The van der Waals surface area contributed by atoms with E-state index in [4.69, 9.17) is 0 Å². The molecule has 1 unspecified atom stereocenters. The standard InChI is InChI=1S/C13H12Br2O2S/c1-18(16,17)8-13(15)11-6-7-12(14)10-5-3-2-4-9(10)11/h2-7,13H,8H2,1H3. The Bertz CT molecular complexity index is 680. The molecule has 96 valence electrons. The van der Waals surface area contributed by atoms with Gasteiger partial charge in [0.25, 0.3) is 0 Å². The minimum absolute atomic E-state index is 0.0959.